The van der Waals surface area contributed by atoms with Gasteiger partial charge in [0.15, 0.2) is 0 Å². The van der Waals surface area contributed by atoms with Crippen LogP contribution in [0.3, 0.4) is 0 Å². The van der Waals surface area contributed by atoms with Crippen molar-refractivity contribution in [3.63, 3.8) is 0 Å². The Morgan fingerprint density at radius 2 is 2.22 bits per heavy atom. The molecule has 1 aromatic rings. The first-order valence-corrected chi connectivity index (χ1v) is 5.68. The predicted molar refractivity (Wildman–Crippen MR) is 64.0 cm³/mol. The highest BCUT2D eigenvalue weighted by Crippen LogP contribution is 2.13. The van der Waals surface area contributed by atoms with Gasteiger partial charge in [-0.05, 0) is 5.56 Å². The molecule has 96 valence electrons. The smallest absolute Gasteiger partial charge is 0.268 e. The van der Waals surface area contributed by atoms with Crippen LogP contribution in [0.4, 0.5) is 0 Å². The molecular weight excluding hydrogens is 234 g/mol. The molecule has 0 bridgehead atoms. The Morgan fingerprint density at radius 3 is 2.83 bits per heavy atom. The Balaban J connectivity index is 1.86. The van der Waals surface area contributed by atoms with Gasteiger partial charge in [0, 0.05) is 12.5 Å². The molecule has 1 heterocycles. The number of benzene rings is 1. The monoisotopic (exact) mass is 249 g/mol. The Morgan fingerprint density at radius 1 is 1.50 bits per heavy atom. The summed E-state index contributed by atoms with van der Waals surface area (Å²) in [6.07, 6.45) is 0.133. The first kappa shape index (κ1) is 12.5. The first-order valence-electron chi connectivity index (χ1n) is 5.68. The van der Waals surface area contributed by atoms with Gasteiger partial charge in [-0.3, -0.25) is 14.4 Å². The van der Waals surface area contributed by atoms with Gasteiger partial charge >= 0.3 is 0 Å². The highest BCUT2D eigenvalue weighted by molar-refractivity contribution is 5.88. The van der Waals surface area contributed by atoms with Crippen molar-refractivity contribution in [3.8, 4) is 0 Å². The molecule has 6 heteroatoms. The van der Waals surface area contributed by atoms with Crippen LogP contribution in [0.25, 0.3) is 0 Å². The summed E-state index contributed by atoms with van der Waals surface area (Å²) in [5.74, 6) is -0.603. The fraction of sp³-hybridized carbons (Fsp3) is 0.333. The molecule has 2 rings (SSSR count). The molecule has 1 saturated heterocycles. The van der Waals surface area contributed by atoms with E-state index in [0.717, 1.165) is 5.56 Å². The number of amides is 2. The molecule has 1 fully saturated rings. The fourth-order valence-electron chi connectivity index (χ4n) is 1.72. The van der Waals surface area contributed by atoms with Gasteiger partial charge in [-0.25, -0.2) is 5.48 Å². The lowest BCUT2D eigenvalue weighted by atomic mass is 10.0. The Labute approximate surface area is 104 Å². The van der Waals surface area contributed by atoms with Gasteiger partial charge in [-0.2, -0.15) is 0 Å². The molecule has 0 saturated carbocycles. The van der Waals surface area contributed by atoms with Crippen LogP contribution in [0.15, 0.2) is 30.3 Å². The van der Waals surface area contributed by atoms with Crippen LogP contribution in [0.5, 0.6) is 0 Å². The number of hydrogen-bond acceptors (Lipinski definition) is 4. The van der Waals surface area contributed by atoms with Crippen LogP contribution in [0, 0.1) is 0 Å². The summed E-state index contributed by atoms with van der Waals surface area (Å²) in [5.41, 5.74) is 8.98. The van der Waals surface area contributed by atoms with E-state index in [0.29, 0.717) is 0 Å². The summed E-state index contributed by atoms with van der Waals surface area (Å²) in [6, 6.07) is 8.34. The summed E-state index contributed by atoms with van der Waals surface area (Å²) >= 11 is 0. The second-order valence-electron chi connectivity index (χ2n) is 4.12. The molecule has 1 unspecified atom stereocenters. The van der Waals surface area contributed by atoms with E-state index in [9.17, 15) is 9.59 Å². The largest absolute Gasteiger partial charge is 0.342 e. The van der Waals surface area contributed by atoms with E-state index < -0.39 is 6.04 Å². The summed E-state index contributed by atoms with van der Waals surface area (Å²) in [4.78, 5) is 27.6. The summed E-state index contributed by atoms with van der Waals surface area (Å²) in [7, 11) is 0. The molecule has 1 aliphatic rings. The minimum absolute atomic E-state index is 0.133. The number of nitrogens with two attached hydrogens (primary N) is 1. The molecule has 2 amide bonds. The van der Waals surface area contributed by atoms with E-state index in [1.807, 2.05) is 30.3 Å². The first-order chi connectivity index (χ1) is 8.66. The van der Waals surface area contributed by atoms with Crippen molar-refractivity contribution in [1.82, 2.24) is 10.8 Å². The molecule has 1 aromatic carbocycles. The molecule has 0 aromatic heterocycles. The van der Waals surface area contributed by atoms with Crippen molar-refractivity contribution in [2.24, 2.45) is 5.73 Å². The number of hydroxylamine groups is 1. The summed E-state index contributed by atoms with van der Waals surface area (Å²) in [5, 5.41) is 2.57. The lowest BCUT2D eigenvalue weighted by Crippen LogP contribution is -2.42. The van der Waals surface area contributed by atoms with Crippen LogP contribution in [0.1, 0.15) is 18.0 Å². The van der Waals surface area contributed by atoms with E-state index in [2.05, 4.69) is 10.8 Å². The van der Waals surface area contributed by atoms with Crippen molar-refractivity contribution in [2.45, 2.75) is 18.5 Å². The maximum absolute atomic E-state index is 11.7. The molecule has 6 nitrogen and oxygen atoms in total. The number of nitrogens with one attached hydrogen (secondary N) is 2. The van der Waals surface area contributed by atoms with Crippen LogP contribution in [0.2, 0.25) is 0 Å². The average molecular weight is 249 g/mol. The van der Waals surface area contributed by atoms with E-state index in [4.69, 9.17) is 10.6 Å². The molecule has 0 spiro atoms. The van der Waals surface area contributed by atoms with Crippen LogP contribution in [-0.4, -0.2) is 24.5 Å². The van der Waals surface area contributed by atoms with Crippen molar-refractivity contribution in [1.29, 1.82) is 0 Å². The van der Waals surface area contributed by atoms with Gasteiger partial charge in [-0.1, -0.05) is 30.3 Å². The number of hydrogen-bond donors (Lipinski definition) is 3. The maximum Gasteiger partial charge on any atom is 0.268 e. The van der Waals surface area contributed by atoms with Crippen molar-refractivity contribution in [3.05, 3.63) is 35.9 Å². The van der Waals surface area contributed by atoms with Crippen LogP contribution in [-0.2, 0) is 14.4 Å². The zero-order valence-electron chi connectivity index (χ0n) is 9.76. The topological polar surface area (TPSA) is 93.5 Å². The second kappa shape index (κ2) is 5.61. The van der Waals surface area contributed by atoms with Crippen molar-refractivity contribution in [2.75, 3.05) is 6.61 Å². The quantitative estimate of drug-likeness (QED) is 0.678. The Bertz CT molecular complexity index is 435. The molecule has 18 heavy (non-hydrogen) atoms. The minimum Gasteiger partial charge on any atom is -0.342 e. The predicted octanol–water partition coefficient (Wildman–Crippen LogP) is -0.377. The van der Waals surface area contributed by atoms with Crippen molar-refractivity contribution >= 4 is 11.8 Å². The second-order valence-corrected chi connectivity index (χ2v) is 4.12. The molecule has 4 N–H and O–H groups in total. The molecule has 2 atom stereocenters. The summed E-state index contributed by atoms with van der Waals surface area (Å²) in [6.45, 7) is 0.144. The molecular formula is C12H15N3O3. The zero-order chi connectivity index (χ0) is 13.0. The summed E-state index contributed by atoms with van der Waals surface area (Å²) < 4.78 is 0. The van der Waals surface area contributed by atoms with E-state index in [1.165, 1.54) is 0 Å². The normalized spacial score (nSPS) is 20.3. The zero-order valence-corrected chi connectivity index (χ0v) is 9.76. The number of rotatable bonds is 4. The SMILES string of the molecule is NC(CC(=O)N[C@@H]1CONC1=O)c1ccccc1. The molecule has 0 radical (unpaired) electrons. The van der Waals surface area contributed by atoms with E-state index in [1.54, 1.807) is 0 Å². The third-order valence-electron chi connectivity index (χ3n) is 2.71. The van der Waals surface area contributed by atoms with Gasteiger partial charge in [-0.15, -0.1) is 0 Å². The van der Waals surface area contributed by atoms with Crippen LogP contribution < -0.4 is 16.5 Å². The van der Waals surface area contributed by atoms with Gasteiger partial charge in [0.05, 0.1) is 0 Å². The number of carbonyl (C=O) groups is 2. The molecule has 1 aliphatic heterocycles. The number of carbonyl (C=O) groups excluding carboxylic acids is 2. The highest BCUT2D eigenvalue weighted by Gasteiger charge is 2.27. The highest BCUT2D eigenvalue weighted by atomic mass is 16.7. The van der Waals surface area contributed by atoms with Gasteiger partial charge in [0.25, 0.3) is 5.91 Å². The van der Waals surface area contributed by atoms with E-state index in [-0.39, 0.29) is 30.9 Å². The Kier molecular flexibility index (Phi) is 3.91. The lowest BCUT2D eigenvalue weighted by molar-refractivity contribution is -0.128. The average Bonchev–Trinajstić information content (AvgIpc) is 2.76. The minimum atomic E-state index is -0.625. The van der Waals surface area contributed by atoms with Crippen LogP contribution >= 0.6 is 0 Å². The third kappa shape index (κ3) is 3.06. The molecule has 0 aliphatic carbocycles. The Hall–Kier alpha value is -1.92. The lowest BCUT2D eigenvalue weighted by Gasteiger charge is -2.13. The van der Waals surface area contributed by atoms with Gasteiger partial charge in [0.2, 0.25) is 5.91 Å². The maximum atomic E-state index is 11.7. The van der Waals surface area contributed by atoms with Gasteiger partial charge in [0.1, 0.15) is 12.6 Å². The van der Waals surface area contributed by atoms with Gasteiger partial charge < -0.3 is 11.1 Å². The third-order valence-corrected chi connectivity index (χ3v) is 2.71. The van der Waals surface area contributed by atoms with E-state index >= 15 is 0 Å². The van der Waals surface area contributed by atoms with Crippen molar-refractivity contribution < 1.29 is 14.4 Å². The fourth-order valence-corrected chi connectivity index (χ4v) is 1.72. The standard InChI is InChI=1S/C12H15N3O3/c13-9(8-4-2-1-3-5-8)6-11(16)14-10-7-18-15-12(10)17/h1-5,9-10H,6-7,13H2,(H,14,16)(H,15,17)/t9?,10-/m1/s1.